The minimum atomic E-state index is -4.29. The number of nitrogens with one attached hydrogen (secondary N) is 1. The highest BCUT2D eigenvalue weighted by Gasteiger charge is 2.34. The average Bonchev–Trinajstić information content (AvgIpc) is 2.99. The number of sulfonamides is 1. The van der Waals surface area contributed by atoms with Crippen molar-refractivity contribution < 1.29 is 27.5 Å². The molecule has 9 nitrogen and oxygen atoms in total. The second-order valence-electron chi connectivity index (χ2n) is 10.6. The van der Waals surface area contributed by atoms with E-state index in [1.54, 1.807) is 36.4 Å². The maximum Gasteiger partial charge on any atom is 0.264 e. The van der Waals surface area contributed by atoms with E-state index < -0.39 is 28.5 Å². The fourth-order valence-electron chi connectivity index (χ4n) is 4.94. The summed E-state index contributed by atoms with van der Waals surface area (Å²) in [5.74, 6) is -0.210. The number of anilines is 1. The Morgan fingerprint density at radius 3 is 2.11 bits per heavy atom. The molecule has 0 aliphatic rings. The summed E-state index contributed by atoms with van der Waals surface area (Å²) in [4.78, 5) is 29.0. The minimum absolute atomic E-state index is 0.0734. The van der Waals surface area contributed by atoms with Crippen molar-refractivity contribution in [1.82, 2.24) is 10.2 Å². The number of halogens is 1. The molecule has 1 atom stereocenters. The second-order valence-corrected chi connectivity index (χ2v) is 12.9. The summed E-state index contributed by atoms with van der Waals surface area (Å²) >= 11 is 6.10. The molecule has 0 saturated heterocycles. The van der Waals surface area contributed by atoms with Gasteiger partial charge in [-0.2, -0.15) is 0 Å². The van der Waals surface area contributed by atoms with Crippen LogP contribution in [0.5, 0.6) is 11.5 Å². The number of nitrogens with zero attached hydrogens (tertiary/aromatic N) is 2. The van der Waals surface area contributed by atoms with Gasteiger partial charge in [0.2, 0.25) is 11.8 Å². The molecule has 3 rings (SSSR count). The van der Waals surface area contributed by atoms with E-state index in [0.717, 1.165) is 33.8 Å². The average molecular weight is 644 g/mol. The van der Waals surface area contributed by atoms with Gasteiger partial charge in [-0.15, -0.1) is 0 Å². The lowest BCUT2D eigenvalue weighted by Gasteiger charge is -2.33. The van der Waals surface area contributed by atoms with Gasteiger partial charge in [-0.25, -0.2) is 8.42 Å². The molecule has 11 heteroatoms. The molecule has 0 heterocycles. The van der Waals surface area contributed by atoms with E-state index in [2.05, 4.69) is 5.32 Å². The van der Waals surface area contributed by atoms with Gasteiger partial charge in [0.05, 0.1) is 24.8 Å². The maximum atomic E-state index is 14.3. The van der Waals surface area contributed by atoms with Gasteiger partial charge in [-0.3, -0.25) is 13.9 Å². The molecule has 0 unspecified atom stereocenters. The molecule has 2 amide bonds. The van der Waals surface area contributed by atoms with Gasteiger partial charge in [0.15, 0.2) is 11.5 Å². The van der Waals surface area contributed by atoms with Crippen LogP contribution in [0.1, 0.15) is 49.8 Å². The molecule has 3 aromatic rings. The zero-order valence-corrected chi connectivity index (χ0v) is 27.8. The Kier molecular flexibility index (Phi) is 12.5. The van der Waals surface area contributed by atoms with Gasteiger partial charge in [0.25, 0.3) is 10.0 Å². The maximum absolute atomic E-state index is 14.3. The van der Waals surface area contributed by atoms with Crippen molar-refractivity contribution in [2.45, 2.75) is 64.4 Å². The molecule has 0 fully saturated rings. The zero-order valence-electron chi connectivity index (χ0n) is 26.2. The highest BCUT2D eigenvalue weighted by atomic mass is 35.5. The number of carbonyl (C=O) groups is 2. The molecular weight excluding hydrogens is 602 g/mol. The van der Waals surface area contributed by atoms with E-state index in [1.807, 2.05) is 33.8 Å². The lowest BCUT2D eigenvalue weighted by atomic mass is 10.1. The van der Waals surface area contributed by atoms with Crippen LogP contribution in [-0.4, -0.2) is 58.5 Å². The van der Waals surface area contributed by atoms with Crippen LogP contribution in [0.25, 0.3) is 0 Å². The third kappa shape index (κ3) is 8.66. The molecule has 3 aromatic carbocycles. The fraction of sp³-hybridized carbons (Fsp3) is 0.394. The SMILES string of the molecule is CCCCNC(=O)[C@@H](CC)N(Cc1ccc(Cl)cc1)C(=O)CN(c1cc(C)cc(C)c1)S(=O)(=O)c1ccc(OC)c(OC)c1. The molecule has 1 N–H and O–H groups in total. The molecular formula is C33H42ClN3O6S. The standard InChI is InChI=1S/C33H42ClN3O6S/c1-7-9-16-35-33(39)29(8-2)36(21-25-10-12-26(34)13-11-25)32(38)22-37(27-18-23(3)17-24(4)19-27)44(40,41)28-14-15-30(42-5)31(20-28)43-6/h10-15,17-20,29H,7-9,16,21-22H2,1-6H3,(H,35,39)/t29-/m1/s1. The fourth-order valence-corrected chi connectivity index (χ4v) is 6.48. The van der Waals surface area contributed by atoms with Crippen molar-refractivity contribution in [3.63, 3.8) is 0 Å². The van der Waals surface area contributed by atoms with Crippen LogP contribution in [0.3, 0.4) is 0 Å². The van der Waals surface area contributed by atoms with Gasteiger partial charge >= 0.3 is 0 Å². The molecule has 238 valence electrons. The number of rotatable bonds is 15. The highest BCUT2D eigenvalue weighted by Crippen LogP contribution is 2.33. The first kappa shape index (κ1) is 34.7. The largest absolute Gasteiger partial charge is 0.493 e. The van der Waals surface area contributed by atoms with Crippen LogP contribution in [-0.2, 0) is 26.2 Å². The van der Waals surface area contributed by atoms with Crippen molar-refractivity contribution in [1.29, 1.82) is 0 Å². The van der Waals surface area contributed by atoms with Crippen molar-refractivity contribution in [3.05, 3.63) is 82.4 Å². The summed E-state index contributed by atoms with van der Waals surface area (Å²) in [6.07, 6.45) is 2.05. The summed E-state index contributed by atoms with van der Waals surface area (Å²) in [7, 11) is -1.41. The van der Waals surface area contributed by atoms with Crippen LogP contribution in [0.4, 0.5) is 5.69 Å². The van der Waals surface area contributed by atoms with Crippen molar-refractivity contribution in [2.24, 2.45) is 0 Å². The number of hydrogen-bond acceptors (Lipinski definition) is 6. The number of benzene rings is 3. The molecule has 0 bridgehead atoms. The van der Waals surface area contributed by atoms with E-state index in [4.69, 9.17) is 21.1 Å². The van der Waals surface area contributed by atoms with Gasteiger partial charge < -0.3 is 19.7 Å². The highest BCUT2D eigenvalue weighted by molar-refractivity contribution is 7.92. The quantitative estimate of drug-likeness (QED) is 0.207. The van der Waals surface area contributed by atoms with Crippen LogP contribution >= 0.6 is 11.6 Å². The summed E-state index contributed by atoms with van der Waals surface area (Å²) in [6, 6.07) is 15.8. The minimum Gasteiger partial charge on any atom is -0.493 e. The van der Waals surface area contributed by atoms with Crippen LogP contribution < -0.4 is 19.1 Å². The molecule has 0 aliphatic heterocycles. The van der Waals surface area contributed by atoms with Gasteiger partial charge in [0, 0.05) is 24.2 Å². The second kappa shape index (κ2) is 15.8. The van der Waals surface area contributed by atoms with E-state index in [9.17, 15) is 18.0 Å². The zero-order chi connectivity index (χ0) is 32.4. The van der Waals surface area contributed by atoms with E-state index in [1.165, 1.54) is 37.3 Å². The van der Waals surface area contributed by atoms with Gasteiger partial charge in [-0.05, 0) is 79.8 Å². The number of amides is 2. The lowest BCUT2D eigenvalue weighted by molar-refractivity contribution is -0.140. The van der Waals surface area contributed by atoms with Gasteiger partial charge in [-0.1, -0.05) is 50.1 Å². The summed E-state index contributed by atoms with van der Waals surface area (Å²) in [5, 5.41) is 3.47. The smallest absolute Gasteiger partial charge is 0.264 e. The number of unbranched alkanes of at least 4 members (excludes halogenated alkanes) is 1. The first-order valence-corrected chi connectivity index (χ1v) is 16.4. The van der Waals surface area contributed by atoms with Crippen LogP contribution in [0.15, 0.2) is 65.6 Å². The Labute approximate surface area is 266 Å². The van der Waals surface area contributed by atoms with E-state index in [0.29, 0.717) is 29.4 Å². The Morgan fingerprint density at radius 2 is 1.55 bits per heavy atom. The first-order chi connectivity index (χ1) is 20.9. The van der Waals surface area contributed by atoms with Crippen molar-refractivity contribution in [2.75, 3.05) is 31.6 Å². The Balaban J connectivity index is 2.11. The first-order valence-electron chi connectivity index (χ1n) is 14.6. The van der Waals surface area contributed by atoms with Crippen molar-refractivity contribution >= 4 is 39.1 Å². The topological polar surface area (TPSA) is 105 Å². The Hall–Kier alpha value is -3.76. The predicted molar refractivity (Wildman–Crippen MR) is 174 cm³/mol. The van der Waals surface area contributed by atoms with Crippen molar-refractivity contribution in [3.8, 4) is 11.5 Å². The number of ether oxygens (including phenoxy) is 2. The lowest BCUT2D eigenvalue weighted by Crippen LogP contribution is -2.52. The molecule has 0 saturated carbocycles. The molecule has 0 spiro atoms. The normalized spacial score (nSPS) is 11.9. The van der Waals surface area contributed by atoms with E-state index >= 15 is 0 Å². The summed E-state index contributed by atoms with van der Waals surface area (Å²) in [6.45, 7) is 7.62. The Morgan fingerprint density at radius 1 is 0.909 bits per heavy atom. The molecule has 0 aliphatic carbocycles. The predicted octanol–water partition coefficient (Wildman–Crippen LogP) is 5.89. The number of carbonyl (C=O) groups excluding carboxylic acids is 2. The Bertz CT molecular complexity index is 1530. The summed E-state index contributed by atoms with van der Waals surface area (Å²) < 4.78 is 40.3. The monoisotopic (exact) mass is 643 g/mol. The number of aryl methyl sites for hydroxylation is 2. The molecule has 0 aromatic heterocycles. The van der Waals surface area contributed by atoms with E-state index in [-0.39, 0.29) is 23.1 Å². The van der Waals surface area contributed by atoms with Crippen LogP contribution in [0.2, 0.25) is 5.02 Å². The number of methoxy groups -OCH3 is 2. The van der Waals surface area contributed by atoms with Crippen LogP contribution in [0, 0.1) is 13.8 Å². The molecule has 0 radical (unpaired) electrons. The summed E-state index contributed by atoms with van der Waals surface area (Å²) in [5.41, 5.74) is 2.75. The number of hydrogen-bond donors (Lipinski definition) is 1. The molecule has 44 heavy (non-hydrogen) atoms. The third-order valence-corrected chi connectivity index (χ3v) is 9.22. The third-order valence-electron chi connectivity index (χ3n) is 7.20. The van der Waals surface area contributed by atoms with Gasteiger partial charge in [0.1, 0.15) is 12.6 Å².